The second-order valence-corrected chi connectivity index (χ2v) is 5.83. The standard InChI is InChI=1S/C12H13IN2O2/c1-12(2,3)11(16)17-15-9-7-5-4-6-8(9)10(13)14-15/h4-7H,1-3H3. The molecule has 0 aliphatic rings. The molecule has 17 heavy (non-hydrogen) atoms. The molecule has 0 saturated heterocycles. The van der Waals surface area contributed by atoms with Gasteiger partial charge in [0.1, 0.15) is 9.22 Å². The van der Waals surface area contributed by atoms with E-state index in [1.807, 2.05) is 45.0 Å². The Morgan fingerprint density at radius 2 is 2.00 bits per heavy atom. The number of carbonyl (C=O) groups is 1. The lowest BCUT2D eigenvalue weighted by Crippen LogP contribution is -2.31. The van der Waals surface area contributed by atoms with Crippen molar-refractivity contribution in [2.75, 3.05) is 0 Å². The van der Waals surface area contributed by atoms with Gasteiger partial charge in [-0.25, -0.2) is 4.79 Å². The number of aromatic nitrogens is 2. The molecule has 0 spiro atoms. The first-order chi connectivity index (χ1) is 7.89. The van der Waals surface area contributed by atoms with Crippen molar-refractivity contribution >= 4 is 39.5 Å². The van der Waals surface area contributed by atoms with Gasteiger partial charge >= 0.3 is 5.97 Å². The molecule has 4 nitrogen and oxygen atoms in total. The summed E-state index contributed by atoms with van der Waals surface area (Å²) in [6, 6.07) is 7.65. The van der Waals surface area contributed by atoms with Crippen LogP contribution < -0.4 is 4.84 Å². The van der Waals surface area contributed by atoms with E-state index in [2.05, 4.69) is 27.7 Å². The zero-order valence-corrected chi connectivity index (χ0v) is 12.1. The normalized spacial score (nSPS) is 11.8. The van der Waals surface area contributed by atoms with Crippen molar-refractivity contribution in [1.29, 1.82) is 0 Å². The number of halogens is 1. The van der Waals surface area contributed by atoms with Gasteiger partial charge in [0.05, 0.1) is 5.41 Å². The van der Waals surface area contributed by atoms with Gasteiger partial charge in [-0.1, -0.05) is 17.0 Å². The van der Waals surface area contributed by atoms with Crippen LogP contribution in [0.1, 0.15) is 20.8 Å². The highest BCUT2D eigenvalue weighted by Gasteiger charge is 2.25. The lowest BCUT2D eigenvalue weighted by molar-refractivity contribution is -0.154. The molecule has 0 bridgehead atoms. The summed E-state index contributed by atoms with van der Waals surface area (Å²) in [5.41, 5.74) is 0.257. The van der Waals surface area contributed by atoms with Crippen molar-refractivity contribution in [3.63, 3.8) is 0 Å². The topological polar surface area (TPSA) is 44.1 Å². The van der Waals surface area contributed by atoms with Crippen LogP contribution in [0, 0.1) is 9.12 Å². The van der Waals surface area contributed by atoms with Crippen LogP contribution in [0.2, 0.25) is 0 Å². The minimum atomic E-state index is -0.543. The van der Waals surface area contributed by atoms with Gasteiger partial charge in [0, 0.05) is 5.39 Å². The summed E-state index contributed by atoms with van der Waals surface area (Å²) in [4.78, 5) is 18.4. The Bertz CT molecular complexity index is 569. The van der Waals surface area contributed by atoms with E-state index in [1.165, 1.54) is 4.85 Å². The van der Waals surface area contributed by atoms with E-state index in [-0.39, 0.29) is 5.97 Å². The Morgan fingerprint density at radius 1 is 1.35 bits per heavy atom. The molecule has 0 radical (unpaired) electrons. The van der Waals surface area contributed by atoms with Crippen LogP contribution in [-0.2, 0) is 4.79 Å². The third kappa shape index (κ3) is 2.43. The van der Waals surface area contributed by atoms with Crippen LogP contribution in [0.25, 0.3) is 10.9 Å². The van der Waals surface area contributed by atoms with Crippen molar-refractivity contribution in [2.45, 2.75) is 20.8 Å². The van der Waals surface area contributed by atoms with Crippen LogP contribution in [0.3, 0.4) is 0 Å². The highest BCUT2D eigenvalue weighted by atomic mass is 127. The second kappa shape index (κ2) is 4.29. The van der Waals surface area contributed by atoms with Crippen molar-refractivity contribution < 1.29 is 9.63 Å². The van der Waals surface area contributed by atoms with E-state index in [1.54, 1.807) is 0 Å². The average Bonchev–Trinajstić information content (AvgIpc) is 2.56. The van der Waals surface area contributed by atoms with Crippen molar-refractivity contribution in [2.24, 2.45) is 5.41 Å². The number of nitrogens with zero attached hydrogens (tertiary/aromatic N) is 2. The number of carbonyl (C=O) groups excluding carboxylic acids is 1. The molecule has 2 aromatic rings. The number of fused-ring (bicyclic) bond motifs is 1. The molecule has 90 valence electrons. The fourth-order valence-corrected chi connectivity index (χ4v) is 1.94. The molecule has 1 heterocycles. The largest absolute Gasteiger partial charge is 0.340 e. The average molecular weight is 344 g/mol. The van der Waals surface area contributed by atoms with Gasteiger partial charge in [0.25, 0.3) is 0 Å². The molecule has 0 unspecified atom stereocenters. The van der Waals surface area contributed by atoms with Crippen LogP contribution >= 0.6 is 22.6 Å². The van der Waals surface area contributed by atoms with E-state index < -0.39 is 5.41 Å². The molecular formula is C12H13IN2O2. The van der Waals surface area contributed by atoms with Crippen molar-refractivity contribution in [3.05, 3.63) is 28.0 Å². The van der Waals surface area contributed by atoms with E-state index in [4.69, 9.17) is 4.84 Å². The molecule has 0 aliphatic heterocycles. The lowest BCUT2D eigenvalue weighted by atomic mass is 9.98. The fourth-order valence-electron chi connectivity index (χ4n) is 1.29. The van der Waals surface area contributed by atoms with Gasteiger partial charge in [-0.2, -0.15) is 0 Å². The Labute approximate surface area is 113 Å². The smallest absolute Gasteiger partial charge is 0.318 e. The first-order valence-corrected chi connectivity index (χ1v) is 6.33. The fraction of sp³-hybridized carbons (Fsp3) is 0.333. The summed E-state index contributed by atoms with van der Waals surface area (Å²) in [7, 11) is 0. The summed E-state index contributed by atoms with van der Waals surface area (Å²) in [5, 5.41) is 5.18. The number of benzene rings is 1. The number of rotatable bonds is 1. The third-order valence-corrected chi connectivity index (χ3v) is 3.09. The van der Waals surface area contributed by atoms with Gasteiger partial charge in [0.15, 0.2) is 0 Å². The lowest BCUT2D eigenvalue weighted by Gasteiger charge is -2.15. The molecule has 0 saturated carbocycles. The number of para-hydroxylation sites is 1. The molecular weight excluding hydrogens is 331 g/mol. The summed E-state index contributed by atoms with van der Waals surface area (Å²) in [6.07, 6.45) is 0. The number of hydrogen-bond donors (Lipinski definition) is 0. The van der Waals surface area contributed by atoms with Crippen molar-refractivity contribution in [1.82, 2.24) is 9.94 Å². The molecule has 0 amide bonds. The third-order valence-electron chi connectivity index (χ3n) is 2.29. The quantitative estimate of drug-likeness (QED) is 0.747. The molecule has 0 aliphatic carbocycles. The number of hydrogen-bond acceptors (Lipinski definition) is 3. The zero-order chi connectivity index (χ0) is 12.6. The van der Waals surface area contributed by atoms with Crippen LogP contribution in [0.5, 0.6) is 0 Å². The van der Waals surface area contributed by atoms with Crippen LogP contribution in [0.15, 0.2) is 24.3 Å². The molecule has 2 rings (SSSR count). The second-order valence-electron chi connectivity index (χ2n) is 4.81. The highest BCUT2D eigenvalue weighted by Crippen LogP contribution is 2.20. The maximum Gasteiger partial charge on any atom is 0.340 e. The van der Waals surface area contributed by atoms with Gasteiger partial charge < -0.3 is 4.84 Å². The Kier molecular flexibility index (Phi) is 3.11. The molecule has 0 fully saturated rings. The maximum atomic E-state index is 11.8. The van der Waals surface area contributed by atoms with Crippen LogP contribution in [0.4, 0.5) is 0 Å². The van der Waals surface area contributed by atoms with Gasteiger partial charge in [-0.05, 0) is 55.5 Å². The highest BCUT2D eigenvalue weighted by molar-refractivity contribution is 14.1. The minimum Gasteiger partial charge on any atom is -0.318 e. The Balaban J connectivity index is 2.41. The van der Waals surface area contributed by atoms with Crippen molar-refractivity contribution in [3.8, 4) is 0 Å². The SMILES string of the molecule is CC(C)(C)C(=O)On1nc(I)c2ccccc21. The molecule has 5 heteroatoms. The summed E-state index contributed by atoms with van der Waals surface area (Å²) >= 11 is 2.12. The summed E-state index contributed by atoms with van der Waals surface area (Å²) < 4.78 is 0.819. The van der Waals surface area contributed by atoms with Gasteiger partial charge in [-0.15, -0.1) is 5.10 Å². The zero-order valence-electron chi connectivity index (χ0n) is 9.90. The van der Waals surface area contributed by atoms with Crippen LogP contribution in [-0.4, -0.2) is 15.9 Å². The van der Waals surface area contributed by atoms with Gasteiger partial charge in [0.2, 0.25) is 0 Å². The molecule has 1 aromatic heterocycles. The predicted octanol–water partition coefficient (Wildman–Crippen LogP) is 2.64. The Morgan fingerprint density at radius 3 is 2.65 bits per heavy atom. The first-order valence-electron chi connectivity index (χ1n) is 5.25. The molecule has 0 atom stereocenters. The van der Waals surface area contributed by atoms with E-state index in [0.29, 0.717) is 0 Å². The minimum absolute atomic E-state index is 0.304. The van der Waals surface area contributed by atoms with Gasteiger partial charge in [-0.3, -0.25) is 0 Å². The molecule has 0 N–H and O–H groups in total. The Hall–Kier alpha value is -1.11. The van der Waals surface area contributed by atoms with E-state index >= 15 is 0 Å². The van der Waals surface area contributed by atoms with E-state index in [0.717, 1.165) is 14.6 Å². The van der Waals surface area contributed by atoms with E-state index in [9.17, 15) is 4.79 Å². The molecule has 1 aromatic carbocycles. The maximum absolute atomic E-state index is 11.8. The predicted molar refractivity (Wildman–Crippen MR) is 73.5 cm³/mol. The summed E-state index contributed by atoms with van der Waals surface area (Å²) in [6.45, 7) is 5.43. The summed E-state index contributed by atoms with van der Waals surface area (Å²) in [5.74, 6) is -0.304. The monoisotopic (exact) mass is 344 g/mol. The first kappa shape index (κ1) is 12.3.